The Bertz CT molecular complexity index is 225. The number of nitrogens with zero attached hydrogens (tertiary/aromatic N) is 2. The molecule has 4 heteroatoms. The van der Waals surface area contributed by atoms with Crippen LogP contribution < -0.4 is 5.32 Å². The third-order valence-corrected chi connectivity index (χ3v) is 3.76. The zero-order valence-corrected chi connectivity index (χ0v) is 11.5. The lowest BCUT2D eigenvalue weighted by atomic mass is 10.0. The molecule has 1 aliphatic rings. The van der Waals surface area contributed by atoms with Crippen LogP contribution in [0.15, 0.2) is 0 Å². The molecule has 0 spiro atoms. The molecule has 0 radical (unpaired) electrons. The van der Waals surface area contributed by atoms with E-state index in [1.807, 2.05) is 19.0 Å². The lowest BCUT2D eigenvalue weighted by molar-refractivity contribution is -0.132. The van der Waals surface area contributed by atoms with Crippen LogP contribution in [0.1, 0.15) is 32.6 Å². The standard InChI is InChI=1S/C13H27N3O/c1-4-16-10-7-12(8-11-16)15(3)13(17)6-5-9-14-2/h12,14H,4-11H2,1-3H3. The van der Waals surface area contributed by atoms with E-state index in [0.29, 0.717) is 18.4 Å². The van der Waals surface area contributed by atoms with E-state index in [1.54, 1.807) is 0 Å². The average Bonchev–Trinajstić information content (AvgIpc) is 2.38. The summed E-state index contributed by atoms with van der Waals surface area (Å²) < 4.78 is 0. The van der Waals surface area contributed by atoms with Crippen molar-refractivity contribution in [3.05, 3.63) is 0 Å². The highest BCUT2D eigenvalue weighted by atomic mass is 16.2. The number of hydrogen-bond donors (Lipinski definition) is 1. The molecule has 4 nitrogen and oxygen atoms in total. The van der Waals surface area contributed by atoms with Gasteiger partial charge in [0.25, 0.3) is 0 Å². The fourth-order valence-electron chi connectivity index (χ4n) is 2.42. The van der Waals surface area contributed by atoms with Crippen molar-refractivity contribution in [1.82, 2.24) is 15.1 Å². The van der Waals surface area contributed by atoms with Crippen molar-refractivity contribution in [1.29, 1.82) is 0 Å². The van der Waals surface area contributed by atoms with Crippen LogP contribution in [-0.4, -0.2) is 62.0 Å². The van der Waals surface area contributed by atoms with E-state index in [2.05, 4.69) is 17.1 Å². The van der Waals surface area contributed by atoms with Crippen molar-refractivity contribution in [2.24, 2.45) is 0 Å². The molecule has 1 rings (SSSR count). The Labute approximate surface area is 105 Å². The van der Waals surface area contributed by atoms with Gasteiger partial charge in [0.05, 0.1) is 0 Å². The summed E-state index contributed by atoms with van der Waals surface area (Å²) in [5.41, 5.74) is 0. The fraction of sp³-hybridized carbons (Fsp3) is 0.923. The SMILES string of the molecule is CCN1CCC(N(C)C(=O)CCCNC)CC1. The molecule has 0 aliphatic carbocycles. The molecule has 0 aromatic heterocycles. The van der Waals surface area contributed by atoms with Crippen molar-refractivity contribution >= 4 is 5.91 Å². The maximum absolute atomic E-state index is 12.0. The van der Waals surface area contributed by atoms with Crippen molar-refractivity contribution in [3.63, 3.8) is 0 Å². The van der Waals surface area contributed by atoms with Gasteiger partial charge in [-0.15, -0.1) is 0 Å². The predicted octanol–water partition coefficient (Wildman–Crippen LogP) is 0.929. The van der Waals surface area contributed by atoms with E-state index >= 15 is 0 Å². The number of carbonyl (C=O) groups excluding carboxylic acids is 1. The van der Waals surface area contributed by atoms with Gasteiger partial charge in [-0.2, -0.15) is 0 Å². The first-order valence-corrected chi connectivity index (χ1v) is 6.81. The van der Waals surface area contributed by atoms with Crippen LogP contribution in [0.2, 0.25) is 0 Å². The summed E-state index contributed by atoms with van der Waals surface area (Å²) in [6.45, 7) is 6.53. The number of nitrogens with one attached hydrogen (secondary N) is 1. The van der Waals surface area contributed by atoms with Gasteiger partial charge in [0.2, 0.25) is 5.91 Å². The molecule has 1 heterocycles. The van der Waals surface area contributed by atoms with E-state index in [0.717, 1.165) is 45.4 Å². The van der Waals surface area contributed by atoms with E-state index < -0.39 is 0 Å². The van der Waals surface area contributed by atoms with Crippen LogP contribution >= 0.6 is 0 Å². The van der Waals surface area contributed by atoms with Crippen LogP contribution in [0.25, 0.3) is 0 Å². The Kier molecular flexibility index (Phi) is 6.52. The lowest BCUT2D eigenvalue weighted by Gasteiger charge is -2.36. The van der Waals surface area contributed by atoms with Gasteiger partial charge in [0.15, 0.2) is 0 Å². The molecule has 100 valence electrons. The Morgan fingerprint density at radius 1 is 1.41 bits per heavy atom. The largest absolute Gasteiger partial charge is 0.343 e. The summed E-state index contributed by atoms with van der Waals surface area (Å²) >= 11 is 0. The topological polar surface area (TPSA) is 35.6 Å². The molecule has 0 unspecified atom stereocenters. The molecule has 1 aliphatic heterocycles. The highest BCUT2D eigenvalue weighted by Gasteiger charge is 2.24. The molecule has 17 heavy (non-hydrogen) atoms. The zero-order valence-electron chi connectivity index (χ0n) is 11.5. The van der Waals surface area contributed by atoms with Gasteiger partial charge < -0.3 is 15.1 Å². The van der Waals surface area contributed by atoms with Crippen LogP contribution in [0, 0.1) is 0 Å². The second kappa shape index (κ2) is 7.67. The summed E-state index contributed by atoms with van der Waals surface area (Å²) in [6, 6.07) is 0.458. The minimum atomic E-state index is 0.301. The quantitative estimate of drug-likeness (QED) is 0.703. The van der Waals surface area contributed by atoms with Gasteiger partial charge in [0, 0.05) is 32.6 Å². The van der Waals surface area contributed by atoms with Gasteiger partial charge in [-0.1, -0.05) is 6.92 Å². The molecular weight excluding hydrogens is 214 g/mol. The number of piperidine rings is 1. The van der Waals surface area contributed by atoms with E-state index in [9.17, 15) is 4.79 Å². The average molecular weight is 241 g/mol. The summed E-state index contributed by atoms with van der Waals surface area (Å²) in [6.07, 6.45) is 3.86. The van der Waals surface area contributed by atoms with Crippen LogP contribution in [0.5, 0.6) is 0 Å². The van der Waals surface area contributed by atoms with Crippen molar-refractivity contribution in [3.8, 4) is 0 Å². The third-order valence-electron chi connectivity index (χ3n) is 3.76. The maximum atomic E-state index is 12.0. The summed E-state index contributed by atoms with van der Waals surface area (Å²) in [5, 5.41) is 3.08. The summed E-state index contributed by atoms with van der Waals surface area (Å²) in [5.74, 6) is 0.301. The first-order chi connectivity index (χ1) is 8.19. The van der Waals surface area contributed by atoms with Crippen molar-refractivity contribution < 1.29 is 4.79 Å². The number of amides is 1. The van der Waals surface area contributed by atoms with Crippen LogP contribution in [-0.2, 0) is 4.79 Å². The first-order valence-electron chi connectivity index (χ1n) is 6.81. The van der Waals surface area contributed by atoms with E-state index in [-0.39, 0.29) is 0 Å². The predicted molar refractivity (Wildman–Crippen MR) is 71.1 cm³/mol. The van der Waals surface area contributed by atoms with Gasteiger partial charge in [-0.25, -0.2) is 0 Å². The smallest absolute Gasteiger partial charge is 0.222 e. The highest BCUT2D eigenvalue weighted by molar-refractivity contribution is 5.76. The lowest BCUT2D eigenvalue weighted by Crippen LogP contribution is -2.45. The number of rotatable bonds is 6. The Hall–Kier alpha value is -0.610. The molecular formula is C13H27N3O. The monoisotopic (exact) mass is 241 g/mol. The molecule has 0 aromatic rings. The van der Waals surface area contributed by atoms with E-state index in [1.165, 1.54) is 0 Å². The zero-order chi connectivity index (χ0) is 12.7. The van der Waals surface area contributed by atoms with Gasteiger partial charge in [0.1, 0.15) is 0 Å². The molecule has 1 saturated heterocycles. The Balaban J connectivity index is 2.27. The molecule has 0 bridgehead atoms. The van der Waals surface area contributed by atoms with Crippen LogP contribution in [0.3, 0.4) is 0 Å². The first kappa shape index (κ1) is 14.5. The van der Waals surface area contributed by atoms with Gasteiger partial charge in [-0.3, -0.25) is 4.79 Å². The van der Waals surface area contributed by atoms with Crippen molar-refractivity contribution in [2.75, 3.05) is 40.3 Å². The number of carbonyl (C=O) groups is 1. The molecule has 1 amide bonds. The number of hydrogen-bond acceptors (Lipinski definition) is 3. The molecule has 1 N–H and O–H groups in total. The van der Waals surface area contributed by atoms with Gasteiger partial charge >= 0.3 is 0 Å². The van der Waals surface area contributed by atoms with Crippen molar-refractivity contribution in [2.45, 2.75) is 38.6 Å². The minimum absolute atomic E-state index is 0.301. The highest BCUT2D eigenvalue weighted by Crippen LogP contribution is 2.16. The minimum Gasteiger partial charge on any atom is -0.343 e. The normalized spacial score (nSPS) is 18.3. The molecule has 0 aromatic carbocycles. The van der Waals surface area contributed by atoms with E-state index in [4.69, 9.17) is 0 Å². The fourth-order valence-corrected chi connectivity index (χ4v) is 2.42. The maximum Gasteiger partial charge on any atom is 0.222 e. The molecule has 0 atom stereocenters. The molecule has 1 fully saturated rings. The third kappa shape index (κ3) is 4.64. The summed E-state index contributed by atoms with van der Waals surface area (Å²) in [4.78, 5) is 16.4. The number of likely N-dealkylation sites (tertiary alicyclic amines) is 1. The van der Waals surface area contributed by atoms with Crippen LogP contribution in [0.4, 0.5) is 0 Å². The van der Waals surface area contributed by atoms with Gasteiger partial charge in [-0.05, 0) is 39.4 Å². The Morgan fingerprint density at radius 3 is 2.59 bits per heavy atom. The second-order valence-corrected chi connectivity index (χ2v) is 4.88. The molecule has 0 saturated carbocycles. The Morgan fingerprint density at radius 2 is 2.06 bits per heavy atom. The second-order valence-electron chi connectivity index (χ2n) is 4.88. The summed E-state index contributed by atoms with van der Waals surface area (Å²) in [7, 11) is 3.89.